The number of benzene rings is 1. The Morgan fingerprint density at radius 2 is 2.12 bits per heavy atom. The molecule has 0 bridgehead atoms. The van der Waals surface area contributed by atoms with Crippen LogP contribution in [0.15, 0.2) is 24.4 Å². The Hall–Kier alpha value is -2.05. The summed E-state index contributed by atoms with van der Waals surface area (Å²) in [5.41, 5.74) is 1.26. The Morgan fingerprint density at radius 1 is 1.42 bits per heavy atom. The lowest BCUT2D eigenvalue weighted by atomic mass is 10.0. The van der Waals surface area contributed by atoms with E-state index in [4.69, 9.17) is 11.6 Å². The molecule has 1 aliphatic rings. The van der Waals surface area contributed by atoms with Crippen molar-refractivity contribution < 1.29 is 15.0 Å². The Labute approximate surface area is 158 Å². The highest BCUT2D eigenvalue weighted by atomic mass is 35.5. The van der Waals surface area contributed by atoms with E-state index < -0.39 is 6.09 Å². The normalized spacial score (nSPS) is 16.3. The number of halogens is 1. The summed E-state index contributed by atoms with van der Waals surface area (Å²) in [6.07, 6.45) is 2.35. The second kappa shape index (κ2) is 7.68. The van der Waals surface area contributed by atoms with Crippen LogP contribution in [0.2, 0.25) is 5.02 Å². The highest BCUT2D eigenvalue weighted by Crippen LogP contribution is 2.34. The quantitative estimate of drug-likeness (QED) is 0.843. The number of aromatic nitrogens is 1. The number of phenolic OH excluding ortho intramolecular Hbond substituents is 1. The maximum atomic E-state index is 11.5. The Morgan fingerprint density at radius 3 is 2.73 bits per heavy atom. The minimum atomic E-state index is -0.858. The van der Waals surface area contributed by atoms with Crippen molar-refractivity contribution in [1.29, 1.82) is 0 Å². The molecule has 1 saturated heterocycles. The number of fused-ring (bicyclic) bond motifs is 1. The monoisotopic (exact) mass is 377 g/mol. The van der Waals surface area contributed by atoms with Gasteiger partial charge in [-0.05, 0) is 44.9 Å². The summed E-state index contributed by atoms with van der Waals surface area (Å²) < 4.78 is 0. The zero-order chi connectivity index (χ0) is 18.8. The summed E-state index contributed by atoms with van der Waals surface area (Å²) in [5, 5.41) is 21.3. The van der Waals surface area contributed by atoms with E-state index in [9.17, 15) is 15.0 Å². The van der Waals surface area contributed by atoms with Crippen LogP contribution in [0.1, 0.15) is 32.3 Å². The predicted molar refractivity (Wildman–Crippen MR) is 102 cm³/mol. The van der Waals surface area contributed by atoms with Gasteiger partial charge < -0.3 is 15.1 Å². The van der Waals surface area contributed by atoms with Gasteiger partial charge in [0.25, 0.3) is 0 Å². The van der Waals surface area contributed by atoms with Crippen LogP contribution in [-0.2, 0) is 6.54 Å². The molecule has 2 aromatic rings. The summed E-state index contributed by atoms with van der Waals surface area (Å²) in [5.74, 6) is 0.168. The number of carbonyl (C=O) groups is 1. The van der Waals surface area contributed by atoms with Gasteiger partial charge in [0.2, 0.25) is 0 Å². The second-order valence-electron chi connectivity index (χ2n) is 7.06. The van der Waals surface area contributed by atoms with Crippen molar-refractivity contribution in [2.75, 3.05) is 13.1 Å². The van der Waals surface area contributed by atoms with Crippen LogP contribution in [0.5, 0.6) is 5.75 Å². The summed E-state index contributed by atoms with van der Waals surface area (Å²) in [6, 6.07) is 5.44. The first-order chi connectivity index (χ1) is 12.4. The summed E-state index contributed by atoms with van der Waals surface area (Å²) >= 11 is 6.34. The number of amides is 1. The molecular weight excluding hydrogens is 354 g/mol. The molecule has 26 heavy (non-hydrogen) atoms. The van der Waals surface area contributed by atoms with Crippen molar-refractivity contribution in [3.63, 3.8) is 0 Å². The first kappa shape index (κ1) is 18.7. The molecule has 2 heterocycles. The smallest absolute Gasteiger partial charge is 0.407 e. The highest BCUT2D eigenvalue weighted by molar-refractivity contribution is 6.35. The number of piperidine rings is 1. The molecule has 0 unspecified atom stereocenters. The molecule has 0 saturated carbocycles. The molecule has 1 amide bonds. The van der Waals surface area contributed by atoms with Gasteiger partial charge in [-0.3, -0.25) is 9.88 Å². The molecule has 1 aromatic carbocycles. The third kappa shape index (κ3) is 3.71. The first-order valence-corrected chi connectivity index (χ1v) is 9.25. The number of likely N-dealkylation sites (tertiary alicyclic amines) is 1. The van der Waals surface area contributed by atoms with Crippen molar-refractivity contribution in [3.8, 4) is 5.75 Å². The number of rotatable bonds is 4. The Bertz CT molecular complexity index is 804. The van der Waals surface area contributed by atoms with E-state index in [1.807, 2.05) is 19.9 Å². The lowest BCUT2D eigenvalue weighted by molar-refractivity contribution is 0.0726. The SMILES string of the molecule is CC(C)N(C(=O)O)C1CCN(Cc2cc(Cl)c3cccnc3c2O)CC1. The number of phenols is 1. The molecular formula is C19H24ClN3O3. The number of nitrogens with zero attached hydrogens (tertiary/aromatic N) is 3. The standard InChI is InChI=1S/C19H24ClN3O3/c1-12(2)23(19(25)26)14-5-8-22(9-6-14)11-13-10-16(20)15-4-3-7-21-17(15)18(13)24/h3-4,7,10,12,14,24H,5-6,8-9,11H2,1-2H3,(H,25,26). The fraction of sp³-hybridized carbons (Fsp3) is 0.474. The zero-order valence-electron chi connectivity index (χ0n) is 15.0. The van der Waals surface area contributed by atoms with Gasteiger partial charge in [-0.15, -0.1) is 0 Å². The lowest BCUT2D eigenvalue weighted by Gasteiger charge is -2.39. The van der Waals surface area contributed by atoms with Crippen molar-refractivity contribution in [1.82, 2.24) is 14.8 Å². The number of carboxylic acid groups (broad SMARTS) is 1. The molecule has 140 valence electrons. The zero-order valence-corrected chi connectivity index (χ0v) is 15.8. The molecule has 1 fully saturated rings. The van der Waals surface area contributed by atoms with Crippen LogP contribution < -0.4 is 0 Å². The van der Waals surface area contributed by atoms with Gasteiger partial charge in [-0.25, -0.2) is 4.79 Å². The van der Waals surface area contributed by atoms with E-state index in [-0.39, 0.29) is 17.8 Å². The third-order valence-corrected chi connectivity index (χ3v) is 5.33. The Kier molecular flexibility index (Phi) is 5.53. The summed E-state index contributed by atoms with van der Waals surface area (Å²) in [7, 11) is 0. The topological polar surface area (TPSA) is 76.9 Å². The van der Waals surface area contributed by atoms with Gasteiger partial charge in [0.15, 0.2) is 0 Å². The van der Waals surface area contributed by atoms with Crippen LogP contribution in [0.4, 0.5) is 4.79 Å². The van der Waals surface area contributed by atoms with Crippen LogP contribution in [0.25, 0.3) is 10.9 Å². The highest BCUT2D eigenvalue weighted by Gasteiger charge is 2.29. The second-order valence-corrected chi connectivity index (χ2v) is 7.46. The molecule has 1 aliphatic heterocycles. The molecule has 0 spiro atoms. The average Bonchev–Trinajstić information content (AvgIpc) is 2.60. The predicted octanol–water partition coefficient (Wildman–Crippen LogP) is 3.95. The average molecular weight is 378 g/mol. The number of hydrogen-bond acceptors (Lipinski definition) is 4. The number of hydrogen-bond donors (Lipinski definition) is 2. The van der Waals surface area contributed by atoms with Crippen LogP contribution >= 0.6 is 11.6 Å². The molecule has 0 radical (unpaired) electrons. The fourth-order valence-electron chi connectivity index (χ4n) is 3.75. The van der Waals surface area contributed by atoms with E-state index in [1.165, 1.54) is 0 Å². The van der Waals surface area contributed by atoms with E-state index in [0.29, 0.717) is 17.1 Å². The Balaban J connectivity index is 1.71. The molecule has 3 rings (SSSR count). The maximum absolute atomic E-state index is 11.5. The molecule has 2 N–H and O–H groups in total. The third-order valence-electron chi connectivity index (χ3n) is 5.02. The van der Waals surface area contributed by atoms with Crippen molar-refractivity contribution in [2.45, 2.75) is 45.3 Å². The number of aromatic hydroxyl groups is 1. The van der Waals surface area contributed by atoms with Crippen molar-refractivity contribution in [3.05, 3.63) is 35.0 Å². The van der Waals surface area contributed by atoms with Crippen LogP contribution in [0.3, 0.4) is 0 Å². The van der Waals surface area contributed by atoms with Gasteiger partial charge >= 0.3 is 6.09 Å². The molecule has 6 nitrogen and oxygen atoms in total. The molecule has 1 aromatic heterocycles. The fourth-order valence-corrected chi connectivity index (χ4v) is 4.04. The largest absolute Gasteiger partial charge is 0.505 e. The van der Waals surface area contributed by atoms with Gasteiger partial charge in [0, 0.05) is 48.9 Å². The van der Waals surface area contributed by atoms with Gasteiger partial charge in [0.05, 0.1) is 5.02 Å². The van der Waals surface area contributed by atoms with Crippen LogP contribution in [0, 0.1) is 0 Å². The van der Waals surface area contributed by atoms with E-state index >= 15 is 0 Å². The minimum absolute atomic E-state index is 0.0292. The minimum Gasteiger partial charge on any atom is -0.505 e. The number of pyridine rings is 1. The van der Waals surface area contributed by atoms with E-state index in [0.717, 1.165) is 36.9 Å². The molecule has 0 aliphatic carbocycles. The van der Waals surface area contributed by atoms with E-state index in [1.54, 1.807) is 23.2 Å². The lowest BCUT2D eigenvalue weighted by Crippen LogP contribution is -2.49. The summed E-state index contributed by atoms with van der Waals surface area (Å²) in [6.45, 7) is 5.93. The van der Waals surface area contributed by atoms with E-state index in [2.05, 4.69) is 9.88 Å². The van der Waals surface area contributed by atoms with Crippen molar-refractivity contribution >= 4 is 28.6 Å². The maximum Gasteiger partial charge on any atom is 0.407 e. The van der Waals surface area contributed by atoms with Gasteiger partial charge in [-0.1, -0.05) is 11.6 Å². The van der Waals surface area contributed by atoms with Gasteiger partial charge in [0.1, 0.15) is 11.3 Å². The molecule has 0 atom stereocenters. The summed E-state index contributed by atoms with van der Waals surface area (Å²) in [4.78, 5) is 19.5. The van der Waals surface area contributed by atoms with Crippen molar-refractivity contribution in [2.24, 2.45) is 0 Å². The first-order valence-electron chi connectivity index (χ1n) is 8.87. The van der Waals surface area contributed by atoms with Gasteiger partial charge in [-0.2, -0.15) is 0 Å². The van der Waals surface area contributed by atoms with Crippen LogP contribution in [-0.4, -0.2) is 56.3 Å². The molecule has 7 heteroatoms.